The summed E-state index contributed by atoms with van der Waals surface area (Å²) in [5.41, 5.74) is 4.40. The number of aromatic amines is 1. The van der Waals surface area contributed by atoms with Crippen LogP contribution in [-0.2, 0) is 22.7 Å². The Morgan fingerprint density at radius 3 is 2.72 bits per heavy atom. The van der Waals surface area contributed by atoms with E-state index in [1.807, 2.05) is 26.1 Å². The fourth-order valence-electron chi connectivity index (χ4n) is 3.21. The number of hydrogen-bond acceptors (Lipinski definition) is 6. The standard InChI is InChI=1S/C19H21N3O3.H3NO2S/c1-11-8-15(18(21-12(11)2)25-13-5-7-24-10-13)16-9-22(3)19(23)17-14(16)4-6-20-17;1-4(2)3/h4,6,8-9,13,20H,5,7,10H2,1-3H3;4H,(H2,1,2,3). The maximum atomic E-state index is 12.3. The summed E-state index contributed by atoms with van der Waals surface area (Å²) >= 11 is 0. The summed E-state index contributed by atoms with van der Waals surface area (Å²) in [6, 6.07) is 4.00. The van der Waals surface area contributed by atoms with Gasteiger partial charge in [-0.1, -0.05) is 0 Å². The van der Waals surface area contributed by atoms with Crippen molar-refractivity contribution in [3.8, 4) is 17.0 Å². The van der Waals surface area contributed by atoms with E-state index >= 15 is 0 Å². The summed E-state index contributed by atoms with van der Waals surface area (Å²) in [7, 11) is -0.864. The number of thiol groups is 1. The number of fused-ring (bicyclic) bond motifs is 1. The van der Waals surface area contributed by atoms with E-state index in [2.05, 4.69) is 21.2 Å². The van der Waals surface area contributed by atoms with Gasteiger partial charge >= 0.3 is 0 Å². The van der Waals surface area contributed by atoms with Crippen molar-refractivity contribution in [2.24, 2.45) is 12.2 Å². The van der Waals surface area contributed by atoms with Crippen LogP contribution in [0.1, 0.15) is 17.7 Å². The molecule has 1 saturated heterocycles. The maximum absolute atomic E-state index is 12.3. The number of aryl methyl sites for hydroxylation is 3. The number of aromatic nitrogens is 3. The molecule has 9 nitrogen and oxygen atoms in total. The van der Waals surface area contributed by atoms with E-state index in [1.54, 1.807) is 17.8 Å². The Morgan fingerprint density at radius 1 is 1.34 bits per heavy atom. The molecular weight excluding hydrogens is 396 g/mol. The van der Waals surface area contributed by atoms with Crippen LogP contribution in [-0.4, -0.2) is 42.3 Å². The lowest BCUT2D eigenvalue weighted by Gasteiger charge is -2.17. The van der Waals surface area contributed by atoms with Crippen LogP contribution >= 0.6 is 0 Å². The van der Waals surface area contributed by atoms with Crippen molar-refractivity contribution in [3.05, 3.63) is 46.1 Å². The Labute approximate surface area is 169 Å². The highest BCUT2D eigenvalue weighted by Crippen LogP contribution is 2.35. The maximum Gasteiger partial charge on any atom is 0.274 e. The van der Waals surface area contributed by atoms with Crippen LogP contribution in [0.3, 0.4) is 0 Å². The third kappa shape index (κ3) is 4.66. The van der Waals surface area contributed by atoms with Gasteiger partial charge in [-0.2, -0.15) is 0 Å². The molecule has 0 bridgehead atoms. The molecular formula is C19H24N4O5S. The molecule has 1 atom stereocenters. The molecule has 3 aromatic heterocycles. The van der Waals surface area contributed by atoms with Crippen LogP contribution in [0.5, 0.6) is 5.88 Å². The molecule has 1 aliphatic rings. The van der Waals surface area contributed by atoms with Gasteiger partial charge in [-0.25, -0.2) is 18.5 Å². The summed E-state index contributed by atoms with van der Waals surface area (Å²) in [5, 5.41) is 4.94. The topological polar surface area (TPSA) is 129 Å². The Kier molecular flexibility index (Phi) is 6.36. The van der Waals surface area contributed by atoms with Gasteiger partial charge in [-0.15, -0.1) is 0 Å². The molecule has 1 fully saturated rings. The van der Waals surface area contributed by atoms with Crippen LogP contribution in [0.15, 0.2) is 29.3 Å². The largest absolute Gasteiger partial charge is 0.471 e. The predicted molar refractivity (Wildman–Crippen MR) is 111 cm³/mol. The fraction of sp³-hybridized carbons (Fsp3) is 0.368. The number of nitrogens with zero attached hydrogens (tertiary/aromatic N) is 2. The van der Waals surface area contributed by atoms with E-state index < -0.39 is 10.9 Å². The zero-order valence-electron chi connectivity index (χ0n) is 16.5. The Morgan fingerprint density at radius 2 is 2.07 bits per heavy atom. The minimum atomic E-state index is -2.62. The van der Waals surface area contributed by atoms with E-state index in [-0.39, 0.29) is 11.7 Å². The zero-order chi connectivity index (χ0) is 21.1. The molecule has 0 spiro atoms. The van der Waals surface area contributed by atoms with Crippen molar-refractivity contribution in [3.63, 3.8) is 0 Å². The average Bonchev–Trinajstić information content (AvgIpc) is 3.32. The SMILES string of the molecule is Cc1cc(-c2cn(C)c(=O)c3[nH]ccc23)c(OC2CCOC2)nc1C.N[SH](=O)=O. The Balaban J connectivity index is 0.000000552. The number of ether oxygens (including phenoxy) is 2. The molecule has 4 rings (SSSR count). The van der Waals surface area contributed by atoms with E-state index in [9.17, 15) is 4.79 Å². The van der Waals surface area contributed by atoms with Gasteiger partial charge in [-0.05, 0) is 31.5 Å². The number of H-pyrrole nitrogens is 1. The molecule has 0 amide bonds. The lowest BCUT2D eigenvalue weighted by atomic mass is 10.0. The van der Waals surface area contributed by atoms with Gasteiger partial charge in [0.15, 0.2) is 10.9 Å². The molecule has 3 aromatic rings. The van der Waals surface area contributed by atoms with Crippen molar-refractivity contribution >= 4 is 21.8 Å². The first-order chi connectivity index (χ1) is 13.8. The number of hydrogen-bond donors (Lipinski definition) is 3. The summed E-state index contributed by atoms with van der Waals surface area (Å²) < 4.78 is 30.8. The van der Waals surface area contributed by atoms with Gasteiger partial charge in [0.2, 0.25) is 5.88 Å². The van der Waals surface area contributed by atoms with Crippen LogP contribution in [0, 0.1) is 13.8 Å². The lowest BCUT2D eigenvalue weighted by molar-refractivity contribution is 0.138. The lowest BCUT2D eigenvalue weighted by Crippen LogP contribution is -2.18. The van der Waals surface area contributed by atoms with Crippen molar-refractivity contribution in [2.75, 3.05) is 13.2 Å². The molecule has 1 aliphatic heterocycles. The highest BCUT2D eigenvalue weighted by Gasteiger charge is 2.22. The Bertz CT molecular complexity index is 1150. The highest BCUT2D eigenvalue weighted by molar-refractivity contribution is 7.69. The van der Waals surface area contributed by atoms with Crippen molar-refractivity contribution in [1.82, 2.24) is 14.5 Å². The minimum Gasteiger partial charge on any atom is -0.471 e. The molecule has 0 aliphatic carbocycles. The molecule has 3 N–H and O–H groups in total. The summed E-state index contributed by atoms with van der Waals surface area (Å²) in [6.07, 6.45) is 4.51. The second kappa shape index (κ2) is 8.76. The van der Waals surface area contributed by atoms with Gasteiger partial charge in [0.05, 0.1) is 13.2 Å². The van der Waals surface area contributed by atoms with Gasteiger partial charge in [0.1, 0.15) is 11.6 Å². The summed E-state index contributed by atoms with van der Waals surface area (Å²) in [6.45, 7) is 5.31. The van der Waals surface area contributed by atoms with Crippen molar-refractivity contribution < 1.29 is 17.9 Å². The van der Waals surface area contributed by atoms with E-state index in [4.69, 9.17) is 17.9 Å². The van der Waals surface area contributed by atoms with Crippen LogP contribution in [0.25, 0.3) is 22.0 Å². The highest BCUT2D eigenvalue weighted by atomic mass is 32.2. The number of nitrogens with one attached hydrogen (secondary N) is 1. The van der Waals surface area contributed by atoms with Gasteiger partial charge in [0, 0.05) is 48.1 Å². The third-order valence-corrected chi connectivity index (χ3v) is 4.78. The molecule has 4 heterocycles. The van der Waals surface area contributed by atoms with E-state index in [0.29, 0.717) is 24.6 Å². The quantitative estimate of drug-likeness (QED) is 0.546. The van der Waals surface area contributed by atoms with Gasteiger partial charge in [0.25, 0.3) is 5.56 Å². The van der Waals surface area contributed by atoms with Crippen LogP contribution in [0.4, 0.5) is 0 Å². The molecule has 0 radical (unpaired) electrons. The van der Waals surface area contributed by atoms with Crippen LogP contribution < -0.4 is 15.4 Å². The van der Waals surface area contributed by atoms with Crippen LogP contribution in [0.2, 0.25) is 0 Å². The minimum absolute atomic E-state index is 0.0163. The second-order valence-electron chi connectivity index (χ2n) is 6.86. The number of rotatable bonds is 3. The number of nitrogens with two attached hydrogens (primary N) is 1. The van der Waals surface area contributed by atoms with E-state index in [0.717, 1.165) is 34.2 Å². The second-order valence-corrected chi connectivity index (χ2v) is 7.43. The molecule has 0 aromatic carbocycles. The van der Waals surface area contributed by atoms with E-state index in [1.165, 1.54) is 0 Å². The van der Waals surface area contributed by atoms with Crippen molar-refractivity contribution in [2.45, 2.75) is 26.4 Å². The zero-order valence-corrected chi connectivity index (χ0v) is 17.4. The summed E-state index contributed by atoms with van der Waals surface area (Å²) in [4.78, 5) is 20.0. The summed E-state index contributed by atoms with van der Waals surface area (Å²) in [5.74, 6) is 0.597. The fourth-order valence-corrected chi connectivity index (χ4v) is 3.21. The molecule has 29 heavy (non-hydrogen) atoms. The van der Waals surface area contributed by atoms with Crippen molar-refractivity contribution in [1.29, 1.82) is 0 Å². The molecule has 10 heteroatoms. The van der Waals surface area contributed by atoms with Gasteiger partial charge < -0.3 is 19.0 Å². The normalized spacial score (nSPS) is 16.1. The molecule has 0 saturated carbocycles. The molecule has 156 valence electrons. The first-order valence-corrected chi connectivity index (χ1v) is 10.3. The number of pyridine rings is 2. The molecule has 1 unspecified atom stereocenters. The monoisotopic (exact) mass is 420 g/mol. The average molecular weight is 420 g/mol. The Hall–Kier alpha value is -2.69. The first kappa shape index (κ1) is 21.0. The first-order valence-electron chi connectivity index (χ1n) is 9.06. The van der Waals surface area contributed by atoms with Gasteiger partial charge in [-0.3, -0.25) is 4.79 Å². The third-order valence-electron chi connectivity index (χ3n) is 4.78. The predicted octanol–water partition coefficient (Wildman–Crippen LogP) is 1.18. The smallest absolute Gasteiger partial charge is 0.274 e.